The summed E-state index contributed by atoms with van der Waals surface area (Å²) in [5.41, 5.74) is 1.32. The second-order valence-corrected chi connectivity index (χ2v) is 6.03. The highest BCUT2D eigenvalue weighted by Gasteiger charge is 2.22. The highest BCUT2D eigenvalue weighted by Crippen LogP contribution is 2.32. The lowest BCUT2D eigenvalue weighted by atomic mass is 10.2. The van der Waals surface area contributed by atoms with Crippen molar-refractivity contribution in [3.63, 3.8) is 0 Å². The molecular formula is C14H18BrNO. The minimum Gasteiger partial charge on any atom is -0.492 e. The van der Waals surface area contributed by atoms with Crippen molar-refractivity contribution in [2.24, 2.45) is 5.92 Å². The summed E-state index contributed by atoms with van der Waals surface area (Å²) in [6, 6.07) is 7.16. The van der Waals surface area contributed by atoms with Crippen LogP contribution in [0, 0.1) is 5.92 Å². The molecule has 2 nitrogen and oxygen atoms in total. The molecular weight excluding hydrogens is 278 g/mol. The standard InChI is InChI=1S/C14H18BrNO/c15-13-7-11(8-16-12-4-5-12)3-6-14(13)17-9-10-1-2-10/h3,6-7,10,12,16H,1-2,4-5,8-9H2. The summed E-state index contributed by atoms with van der Waals surface area (Å²) in [4.78, 5) is 0. The van der Waals surface area contributed by atoms with Gasteiger partial charge in [-0.15, -0.1) is 0 Å². The number of rotatable bonds is 6. The largest absolute Gasteiger partial charge is 0.492 e. The lowest BCUT2D eigenvalue weighted by Gasteiger charge is -2.09. The van der Waals surface area contributed by atoms with E-state index in [2.05, 4.69) is 39.4 Å². The van der Waals surface area contributed by atoms with Crippen LogP contribution in [-0.2, 0) is 6.54 Å². The van der Waals surface area contributed by atoms with E-state index in [1.54, 1.807) is 0 Å². The predicted octanol–water partition coefficient (Wildman–Crippen LogP) is 3.49. The molecule has 1 aromatic rings. The average molecular weight is 296 g/mol. The predicted molar refractivity (Wildman–Crippen MR) is 72.2 cm³/mol. The van der Waals surface area contributed by atoms with Crippen molar-refractivity contribution in [2.75, 3.05) is 6.61 Å². The second-order valence-electron chi connectivity index (χ2n) is 5.17. The molecule has 1 aromatic carbocycles. The fourth-order valence-electron chi connectivity index (χ4n) is 1.81. The summed E-state index contributed by atoms with van der Waals surface area (Å²) >= 11 is 3.59. The van der Waals surface area contributed by atoms with E-state index in [9.17, 15) is 0 Å². The van der Waals surface area contributed by atoms with Crippen molar-refractivity contribution in [1.29, 1.82) is 0 Å². The van der Waals surface area contributed by atoms with Crippen LogP contribution in [0.4, 0.5) is 0 Å². The van der Waals surface area contributed by atoms with Crippen LogP contribution in [0.2, 0.25) is 0 Å². The van der Waals surface area contributed by atoms with Gasteiger partial charge >= 0.3 is 0 Å². The summed E-state index contributed by atoms with van der Waals surface area (Å²) in [5, 5.41) is 3.52. The van der Waals surface area contributed by atoms with Gasteiger partial charge in [0.2, 0.25) is 0 Å². The molecule has 3 rings (SSSR count). The van der Waals surface area contributed by atoms with Gasteiger partial charge in [-0.05, 0) is 65.2 Å². The highest BCUT2D eigenvalue weighted by atomic mass is 79.9. The number of ether oxygens (including phenoxy) is 1. The van der Waals surface area contributed by atoms with Gasteiger partial charge in [0.25, 0.3) is 0 Å². The van der Waals surface area contributed by atoms with Crippen LogP contribution in [0.15, 0.2) is 22.7 Å². The molecule has 2 fully saturated rings. The molecule has 2 aliphatic carbocycles. The molecule has 0 radical (unpaired) electrons. The van der Waals surface area contributed by atoms with Crippen LogP contribution in [0.5, 0.6) is 5.75 Å². The quantitative estimate of drug-likeness (QED) is 0.867. The van der Waals surface area contributed by atoms with Crippen molar-refractivity contribution >= 4 is 15.9 Å². The molecule has 0 bridgehead atoms. The van der Waals surface area contributed by atoms with Crippen LogP contribution in [0.25, 0.3) is 0 Å². The smallest absolute Gasteiger partial charge is 0.133 e. The lowest BCUT2D eigenvalue weighted by Crippen LogP contribution is -2.15. The summed E-state index contributed by atoms with van der Waals surface area (Å²) in [5.74, 6) is 1.78. The van der Waals surface area contributed by atoms with E-state index in [1.807, 2.05) is 0 Å². The van der Waals surface area contributed by atoms with E-state index >= 15 is 0 Å². The van der Waals surface area contributed by atoms with Gasteiger partial charge in [0, 0.05) is 12.6 Å². The molecule has 0 amide bonds. The third-order valence-electron chi connectivity index (χ3n) is 3.34. The molecule has 92 valence electrons. The van der Waals surface area contributed by atoms with Crippen LogP contribution in [-0.4, -0.2) is 12.6 Å². The minimum atomic E-state index is 0.763. The Morgan fingerprint density at radius 2 is 2.06 bits per heavy atom. The topological polar surface area (TPSA) is 21.3 Å². The van der Waals surface area contributed by atoms with E-state index < -0.39 is 0 Å². The Morgan fingerprint density at radius 1 is 1.24 bits per heavy atom. The van der Waals surface area contributed by atoms with E-state index in [-0.39, 0.29) is 0 Å². The van der Waals surface area contributed by atoms with E-state index in [0.29, 0.717) is 0 Å². The maximum absolute atomic E-state index is 5.79. The number of nitrogens with one attached hydrogen (secondary N) is 1. The Bertz CT molecular complexity index is 399. The third-order valence-corrected chi connectivity index (χ3v) is 3.96. The van der Waals surface area contributed by atoms with Crippen molar-refractivity contribution in [3.8, 4) is 5.75 Å². The first-order valence-corrected chi connectivity index (χ1v) is 7.25. The molecule has 2 aliphatic rings. The van der Waals surface area contributed by atoms with Gasteiger partial charge in [0.05, 0.1) is 11.1 Å². The zero-order valence-electron chi connectivity index (χ0n) is 9.92. The Morgan fingerprint density at radius 3 is 2.71 bits per heavy atom. The summed E-state index contributed by atoms with van der Waals surface area (Å²) < 4.78 is 6.86. The van der Waals surface area contributed by atoms with Crippen LogP contribution in [0.3, 0.4) is 0 Å². The van der Waals surface area contributed by atoms with Gasteiger partial charge in [-0.3, -0.25) is 0 Å². The van der Waals surface area contributed by atoms with Crippen LogP contribution >= 0.6 is 15.9 Å². The van der Waals surface area contributed by atoms with Gasteiger partial charge in [-0.25, -0.2) is 0 Å². The van der Waals surface area contributed by atoms with E-state index in [1.165, 1.54) is 31.2 Å². The first-order chi connectivity index (χ1) is 8.31. The summed E-state index contributed by atoms with van der Waals surface area (Å²) in [6.07, 6.45) is 5.34. The van der Waals surface area contributed by atoms with Gasteiger partial charge in [0.15, 0.2) is 0 Å². The fraction of sp³-hybridized carbons (Fsp3) is 0.571. The Balaban J connectivity index is 1.56. The van der Waals surface area contributed by atoms with Gasteiger partial charge < -0.3 is 10.1 Å². The molecule has 0 spiro atoms. The molecule has 17 heavy (non-hydrogen) atoms. The van der Waals surface area contributed by atoms with Crippen molar-refractivity contribution in [2.45, 2.75) is 38.3 Å². The monoisotopic (exact) mass is 295 g/mol. The summed E-state index contributed by atoms with van der Waals surface area (Å²) in [7, 11) is 0. The zero-order chi connectivity index (χ0) is 11.7. The van der Waals surface area contributed by atoms with Crippen molar-refractivity contribution < 1.29 is 4.74 Å². The molecule has 0 heterocycles. The average Bonchev–Trinajstić information content (AvgIpc) is 3.18. The SMILES string of the molecule is Brc1cc(CNC2CC2)ccc1OCC1CC1. The van der Waals surface area contributed by atoms with Crippen molar-refractivity contribution in [1.82, 2.24) is 5.32 Å². The Hall–Kier alpha value is -0.540. The number of benzene rings is 1. The molecule has 0 unspecified atom stereocenters. The van der Waals surface area contributed by atoms with Gasteiger partial charge in [0.1, 0.15) is 5.75 Å². The summed E-state index contributed by atoms with van der Waals surface area (Å²) in [6.45, 7) is 1.84. The third kappa shape index (κ3) is 3.46. The molecule has 0 saturated heterocycles. The minimum absolute atomic E-state index is 0.763. The maximum atomic E-state index is 5.79. The molecule has 0 aliphatic heterocycles. The molecule has 0 aromatic heterocycles. The van der Waals surface area contributed by atoms with Crippen molar-refractivity contribution in [3.05, 3.63) is 28.2 Å². The van der Waals surface area contributed by atoms with Crippen LogP contribution in [0.1, 0.15) is 31.2 Å². The number of halogens is 1. The highest BCUT2D eigenvalue weighted by molar-refractivity contribution is 9.10. The van der Waals surface area contributed by atoms with E-state index in [4.69, 9.17) is 4.74 Å². The molecule has 2 saturated carbocycles. The Labute approximate surface area is 111 Å². The molecule has 1 N–H and O–H groups in total. The fourth-order valence-corrected chi connectivity index (χ4v) is 2.35. The lowest BCUT2D eigenvalue weighted by molar-refractivity contribution is 0.298. The molecule has 3 heteroatoms. The van der Waals surface area contributed by atoms with Gasteiger partial charge in [-0.1, -0.05) is 6.07 Å². The van der Waals surface area contributed by atoms with Gasteiger partial charge in [-0.2, -0.15) is 0 Å². The first-order valence-electron chi connectivity index (χ1n) is 6.46. The number of hydrogen-bond acceptors (Lipinski definition) is 2. The van der Waals surface area contributed by atoms with Crippen LogP contribution < -0.4 is 10.1 Å². The molecule has 0 atom stereocenters. The zero-order valence-corrected chi connectivity index (χ0v) is 11.5. The number of hydrogen-bond donors (Lipinski definition) is 1. The maximum Gasteiger partial charge on any atom is 0.133 e. The first kappa shape index (κ1) is 11.5. The van der Waals surface area contributed by atoms with E-state index in [0.717, 1.165) is 35.3 Å². The Kier molecular flexibility index (Phi) is 3.39. The normalized spacial score (nSPS) is 19.4. The second kappa shape index (κ2) is 4.99.